The number of rotatable bonds is 3. The summed E-state index contributed by atoms with van der Waals surface area (Å²) in [5, 5.41) is 3.00. The molecule has 0 fully saturated rings. The van der Waals surface area contributed by atoms with Crippen molar-refractivity contribution >= 4 is 11.5 Å². The van der Waals surface area contributed by atoms with Crippen LogP contribution in [-0.2, 0) is 6.18 Å². The van der Waals surface area contributed by atoms with Gasteiger partial charge in [0.2, 0.25) is 0 Å². The molecule has 96 valence electrons. The van der Waals surface area contributed by atoms with Crippen LogP contribution in [0.15, 0.2) is 12.3 Å². The Bertz CT molecular complexity index is 388. The summed E-state index contributed by atoms with van der Waals surface area (Å²) < 4.78 is 37.3. The summed E-state index contributed by atoms with van der Waals surface area (Å²) in [7, 11) is 0. The molecule has 17 heavy (non-hydrogen) atoms. The zero-order valence-electron chi connectivity index (χ0n) is 9.97. The van der Waals surface area contributed by atoms with Crippen LogP contribution in [0.4, 0.5) is 24.7 Å². The number of nitrogens with one attached hydrogen (secondary N) is 1. The quantitative estimate of drug-likeness (QED) is 0.862. The number of hydrogen-bond acceptors (Lipinski definition) is 3. The van der Waals surface area contributed by atoms with E-state index in [4.69, 9.17) is 5.73 Å². The summed E-state index contributed by atoms with van der Waals surface area (Å²) in [4.78, 5) is 3.72. The zero-order chi connectivity index (χ0) is 13.2. The van der Waals surface area contributed by atoms with Crippen molar-refractivity contribution in [3.05, 3.63) is 17.8 Å². The lowest BCUT2D eigenvalue weighted by atomic mass is 10.1. The summed E-state index contributed by atoms with van der Waals surface area (Å²) in [6, 6.07) is 1.32. The molecule has 0 unspecified atom stereocenters. The molecule has 0 aliphatic heterocycles. The third-order valence-corrected chi connectivity index (χ3v) is 2.62. The minimum Gasteiger partial charge on any atom is -0.398 e. The molecule has 1 heterocycles. The fraction of sp³-hybridized carbons (Fsp3) is 0.545. The summed E-state index contributed by atoms with van der Waals surface area (Å²) in [6.45, 7) is 5.94. The second-order valence-electron chi connectivity index (χ2n) is 4.33. The van der Waals surface area contributed by atoms with Gasteiger partial charge in [-0.2, -0.15) is 13.2 Å². The van der Waals surface area contributed by atoms with Gasteiger partial charge < -0.3 is 11.1 Å². The maximum atomic E-state index is 12.4. The van der Waals surface area contributed by atoms with E-state index in [-0.39, 0.29) is 11.7 Å². The van der Waals surface area contributed by atoms with Gasteiger partial charge in [-0.15, -0.1) is 0 Å². The van der Waals surface area contributed by atoms with Gasteiger partial charge in [-0.25, -0.2) is 4.98 Å². The third kappa shape index (κ3) is 3.51. The van der Waals surface area contributed by atoms with Gasteiger partial charge in [0.15, 0.2) is 0 Å². The fourth-order valence-corrected chi connectivity index (χ4v) is 1.19. The molecule has 0 bridgehead atoms. The van der Waals surface area contributed by atoms with Crippen LogP contribution in [0.1, 0.15) is 26.3 Å². The van der Waals surface area contributed by atoms with E-state index in [2.05, 4.69) is 10.3 Å². The lowest BCUT2D eigenvalue weighted by Gasteiger charge is -2.19. The average molecular weight is 247 g/mol. The number of nitrogens with two attached hydrogens (primary N) is 1. The number of nitrogens with zero attached hydrogens (tertiary/aromatic N) is 1. The number of halogens is 3. The first-order valence-electron chi connectivity index (χ1n) is 5.31. The molecule has 0 aliphatic carbocycles. The van der Waals surface area contributed by atoms with Gasteiger partial charge in [0.1, 0.15) is 5.82 Å². The molecule has 1 rings (SSSR count). The Morgan fingerprint density at radius 3 is 2.29 bits per heavy atom. The molecule has 1 aromatic heterocycles. The van der Waals surface area contributed by atoms with Crippen LogP contribution >= 0.6 is 0 Å². The van der Waals surface area contributed by atoms with Crippen LogP contribution in [0.5, 0.6) is 0 Å². The molecule has 0 radical (unpaired) electrons. The summed E-state index contributed by atoms with van der Waals surface area (Å²) in [6.07, 6.45) is -3.70. The summed E-state index contributed by atoms with van der Waals surface area (Å²) >= 11 is 0. The van der Waals surface area contributed by atoms with Crippen LogP contribution in [0.2, 0.25) is 0 Å². The smallest absolute Gasteiger partial charge is 0.398 e. The van der Waals surface area contributed by atoms with E-state index in [9.17, 15) is 13.2 Å². The Hall–Kier alpha value is -1.46. The monoisotopic (exact) mass is 247 g/mol. The molecule has 0 saturated carbocycles. The van der Waals surface area contributed by atoms with Crippen molar-refractivity contribution in [2.75, 3.05) is 11.1 Å². The molecule has 6 heteroatoms. The molecule has 1 atom stereocenters. The van der Waals surface area contributed by atoms with Crippen molar-refractivity contribution in [2.24, 2.45) is 5.92 Å². The molecular formula is C11H16F3N3. The first kappa shape index (κ1) is 13.6. The highest BCUT2D eigenvalue weighted by Gasteiger charge is 2.33. The highest BCUT2D eigenvalue weighted by molar-refractivity contribution is 5.55. The van der Waals surface area contributed by atoms with Crippen LogP contribution < -0.4 is 11.1 Å². The fourth-order valence-electron chi connectivity index (χ4n) is 1.19. The molecular weight excluding hydrogens is 231 g/mol. The number of anilines is 2. The van der Waals surface area contributed by atoms with Gasteiger partial charge in [-0.05, 0) is 12.8 Å². The molecule has 3 N–H and O–H groups in total. The van der Waals surface area contributed by atoms with Gasteiger partial charge in [0.05, 0.1) is 5.56 Å². The zero-order valence-corrected chi connectivity index (χ0v) is 9.97. The maximum absolute atomic E-state index is 12.4. The Morgan fingerprint density at radius 2 is 1.88 bits per heavy atom. The highest BCUT2D eigenvalue weighted by atomic mass is 19.4. The molecule has 0 aliphatic rings. The lowest BCUT2D eigenvalue weighted by molar-refractivity contribution is -0.137. The van der Waals surface area contributed by atoms with E-state index in [1.807, 2.05) is 20.8 Å². The van der Waals surface area contributed by atoms with Crippen molar-refractivity contribution in [3.8, 4) is 0 Å². The molecule has 1 aromatic rings. The van der Waals surface area contributed by atoms with Gasteiger partial charge in [0, 0.05) is 24.0 Å². The lowest BCUT2D eigenvalue weighted by Crippen LogP contribution is -2.22. The minimum absolute atomic E-state index is 0.110. The second-order valence-corrected chi connectivity index (χ2v) is 4.33. The number of alkyl halides is 3. The summed E-state index contributed by atoms with van der Waals surface area (Å²) in [5.74, 6) is 0.706. The van der Waals surface area contributed by atoms with Crippen LogP contribution in [0, 0.1) is 5.92 Å². The number of aromatic nitrogens is 1. The Balaban J connectivity index is 2.90. The van der Waals surface area contributed by atoms with E-state index in [0.717, 1.165) is 6.20 Å². The van der Waals surface area contributed by atoms with Crippen molar-refractivity contribution < 1.29 is 13.2 Å². The molecule has 3 nitrogen and oxygen atoms in total. The number of hydrogen-bond donors (Lipinski definition) is 2. The van der Waals surface area contributed by atoms with Crippen molar-refractivity contribution in [1.82, 2.24) is 4.98 Å². The van der Waals surface area contributed by atoms with Crippen molar-refractivity contribution in [3.63, 3.8) is 0 Å². The number of nitrogen functional groups attached to an aromatic ring is 1. The topological polar surface area (TPSA) is 50.9 Å². The van der Waals surface area contributed by atoms with E-state index < -0.39 is 11.7 Å². The SMILES string of the molecule is CC(C)[C@H](C)Nc1cc(N)c(C(F)(F)F)cn1. The normalized spacial score (nSPS) is 13.8. The second kappa shape index (κ2) is 4.81. The first-order valence-corrected chi connectivity index (χ1v) is 5.31. The Kier molecular flexibility index (Phi) is 3.85. The van der Waals surface area contributed by atoms with Gasteiger partial charge in [-0.1, -0.05) is 13.8 Å². The van der Waals surface area contributed by atoms with E-state index in [0.29, 0.717) is 11.7 Å². The Morgan fingerprint density at radius 1 is 1.29 bits per heavy atom. The van der Waals surface area contributed by atoms with Gasteiger partial charge in [-0.3, -0.25) is 0 Å². The third-order valence-electron chi connectivity index (χ3n) is 2.62. The van der Waals surface area contributed by atoms with Crippen molar-refractivity contribution in [1.29, 1.82) is 0 Å². The Labute approximate surface area is 98.2 Å². The number of pyridine rings is 1. The average Bonchev–Trinajstić information content (AvgIpc) is 2.15. The van der Waals surface area contributed by atoms with Crippen molar-refractivity contribution in [2.45, 2.75) is 33.0 Å². The predicted molar refractivity (Wildman–Crippen MR) is 61.6 cm³/mol. The minimum atomic E-state index is -4.46. The van der Waals surface area contributed by atoms with Gasteiger partial charge in [0.25, 0.3) is 0 Å². The summed E-state index contributed by atoms with van der Waals surface area (Å²) in [5.41, 5.74) is 4.14. The molecule has 0 amide bonds. The standard InChI is InChI=1S/C11H16F3N3/c1-6(2)7(3)17-10-4-9(15)8(5-16-10)11(12,13)14/h4-7H,1-3H3,(H3,15,16,17)/t7-/m0/s1. The highest BCUT2D eigenvalue weighted by Crippen LogP contribution is 2.33. The predicted octanol–water partition coefficient (Wildman–Crippen LogP) is 3.14. The molecule has 0 saturated heterocycles. The van der Waals surface area contributed by atoms with E-state index >= 15 is 0 Å². The molecule has 0 spiro atoms. The van der Waals surface area contributed by atoms with Crippen LogP contribution in [-0.4, -0.2) is 11.0 Å². The van der Waals surface area contributed by atoms with Crippen LogP contribution in [0.25, 0.3) is 0 Å². The maximum Gasteiger partial charge on any atom is 0.419 e. The first-order chi connectivity index (χ1) is 7.71. The van der Waals surface area contributed by atoms with Gasteiger partial charge >= 0.3 is 6.18 Å². The van der Waals surface area contributed by atoms with Crippen LogP contribution in [0.3, 0.4) is 0 Å². The largest absolute Gasteiger partial charge is 0.419 e. The van der Waals surface area contributed by atoms with E-state index in [1.165, 1.54) is 6.07 Å². The molecule has 0 aromatic carbocycles. The van der Waals surface area contributed by atoms with E-state index in [1.54, 1.807) is 0 Å².